The van der Waals surface area contributed by atoms with Gasteiger partial charge in [0.15, 0.2) is 0 Å². The summed E-state index contributed by atoms with van der Waals surface area (Å²) in [6, 6.07) is 11.5. The average molecular weight is 200 g/mol. The highest BCUT2D eigenvalue weighted by atomic mass is 16.3. The van der Waals surface area contributed by atoms with Crippen molar-refractivity contribution in [3.8, 4) is 11.3 Å². The van der Waals surface area contributed by atoms with E-state index in [1.165, 1.54) is 0 Å². The molecule has 0 aliphatic heterocycles. The van der Waals surface area contributed by atoms with Gasteiger partial charge in [0.2, 0.25) is 0 Å². The molecule has 0 radical (unpaired) electrons. The van der Waals surface area contributed by atoms with Crippen molar-refractivity contribution in [3.63, 3.8) is 0 Å². The van der Waals surface area contributed by atoms with E-state index in [1.807, 2.05) is 30.3 Å². The number of nitrogens with zero attached hydrogens (tertiary/aromatic N) is 1. The van der Waals surface area contributed by atoms with Gasteiger partial charge in [-0.05, 0) is 6.07 Å². The van der Waals surface area contributed by atoms with Crippen molar-refractivity contribution >= 4 is 5.69 Å². The zero-order valence-corrected chi connectivity index (χ0v) is 8.22. The van der Waals surface area contributed by atoms with E-state index < -0.39 is 0 Å². The topological polar surface area (TPSA) is 59.1 Å². The molecular formula is C12H12N2O. The molecule has 0 aliphatic rings. The first-order valence-corrected chi connectivity index (χ1v) is 4.72. The van der Waals surface area contributed by atoms with E-state index in [4.69, 9.17) is 5.73 Å². The monoisotopic (exact) mass is 200 g/mol. The number of aliphatic hydroxyl groups is 1. The Morgan fingerprint density at radius 2 is 1.93 bits per heavy atom. The molecule has 1 aromatic carbocycles. The quantitative estimate of drug-likeness (QED) is 0.777. The summed E-state index contributed by atoms with van der Waals surface area (Å²) in [6.07, 6.45) is 1.60. The van der Waals surface area contributed by atoms with E-state index in [1.54, 1.807) is 12.3 Å². The molecule has 0 saturated carbocycles. The molecule has 3 heteroatoms. The number of rotatable bonds is 2. The van der Waals surface area contributed by atoms with Gasteiger partial charge in [-0.25, -0.2) is 0 Å². The molecule has 0 unspecified atom stereocenters. The Morgan fingerprint density at radius 1 is 1.20 bits per heavy atom. The summed E-state index contributed by atoms with van der Waals surface area (Å²) in [5.74, 6) is 0. The smallest absolute Gasteiger partial charge is 0.0758 e. The Kier molecular flexibility index (Phi) is 2.65. The van der Waals surface area contributed by atoms with E-state index in [2.05, 4.69) is 4.98 Å². The van der Waals surface area contributed by atoms with Crippen LogP contribution in [-0.4, -0.2) is 10.1 Å². The Morgan fingerprint density at radius 3 is 2.60 bits per heavy atom. The fourth-order valence-electron chi connectivity index (χ4n) is 1.51. The summed E-state index contributed by atoms with van der Waals surface area (Å²) < 4.78 is 0. The molecule has 0 saturated heterocycles. The zero-order chi connectivity index (χ0) is 10.7. The number of benzene rings is 1. The molecule has 0 atom stereocenters. The van der Waals surface area contributed by atoms with Crippen LogP contribution in [0.3, 0.4) is 0 Å². The van der Waals surface area contributed by atoms with Crippen LogP contribution in [0.5, 0.6) is 0 Å². The molecule has 3 nitrogen and oxygen atoms in total. The number of nitrogens with two attached hydrogens (primary N) is 1. The third kappa shape index (κ3) is 1.97. The van der Waals surface area contributed by atoms with Crippen LogP contribution in [0, 0.1) is 0 Å². The summed E-state index contributed by atoms with van der Waals surface area (Å²) >= 11 is 0. The normalized spacial score (nSPS) is 10.2. The summed E-state index contributed by atoms with van der Waals surface area (Å²) in [6.45, 7) is -0.0533. The number of pyridine rings is 1. The van der Waals surface area contributed by atoms with Crippen LogP contribution in [0.15, 0.2) is 42.6 Å². The van der Waals surface area contributed by atoms with Crippen molar-refractivity contribution in [2.75, 3.05) is 5.73 Å². The SMILES string of the molecule is Nc1cnc(-c2ccccc2)c(CO)c1. The van der Waals surface area contributed by atoms with Gasteiger partial charge in [-0.15, -0.1) is 0 Å². The first-order chi connectivity index (χ1) is 7.31. The second kappa shape index (κ2) is 4.11. The summed E-state index contributed by atoms with van der Waals surface area (Å²) in [7, 11) is 0. The fraction of sp³-hybridized carbons (Fsp3) is 0.0833. The molecule has 0 amide bonds. The molecule has 0 aliphatic carbocycles. The highest BCUT2D eigenvalue weighted by Crippen LogP contribution is 2.22. The van der Waals surface area contributed by atoms with Gasteiger partial charge < -0.3 is 10.8 Å². The molecule has 76 valence electrons. The number of anilines is 1. The standard InChI is InChI=1S/C12H12N2O/c13-11-6-10(8-15)12(14-7-11)9-4-2-1-3-5-9/h1-7,15H,8,13H2. The minimum Gasteiger partial charge on any atom is -0.397 e. The van der Waals surface area contributed by atoms with Gasteiger partial charge in [-0.3, -0.25) is 4.98 Å². The predicted octanol–water partition coefficient (Wildman–Crippen LogP) is 1.82. The van der Waals surface area contributed by atoms with Crippen molar-refractivity contribution < 1.29 is 5.11 Å². The Labute approximate surface area is 88.2 Å². The molecule has 0 fully saturated rings. The van der Waals surface area contributed by atoms with Gasteiger partial charge in [0.1, 0.15) is 0 Å². The van der Waals surface area contributed by atoms with Crippen molar-refractivity contribution in [3.05, 3.63) is 48.2 Å². The first kappa shape index (κ1) is 9.68. The fourth-order valence-corrected chi connectivity index (χ4v) is 1.51. The Hall–Kier alpha value is -1.87. The maximum atomic E-state index is 9.21. The lowest BCUT2D eigenvalue weighted by atomic mass is 10.1. The van der Waals surface area contributed by atoms with Gasteiger partial charge in [0.05, 0.1) is 24.2 Å². The van der Waals surface area contributed by atoms with E-state index in [0.717, 1.165) is 16.8 Å². The number of aliphatic hydroxyl groups excluding tert-OH is 1. The van der Waals surface area contributed by atoms with E-state index in [9.17, 15) is 5.11 Å². The molecule has 0 spiro atoms. The van der Waals surface area contributed by atoms with Crippen LogP contribution in [0.1, 0.15) is 5.56 Å². The summed E-state index contributed by atoms with van der Waals surface area (Å²) in [4.78, 5) is 4.23. The molecule has 2 rings (SSSR count). The van der Waals surface area contributed by atoms with E-state index in [-0.39, 0.29) is 6.61 Å². The lowest BCUT2D eigenvalue weighted by Gasteiger charge is -2.06. The minimum absolute atomic E-state index is 0.0533. The van der Waals surface area contributed by atoms with Crippen LogP contribution >= 0.6 is 0 Å². The minimum atomic E-state index is -0.0533. The highest BCUT2D eigenvalue weighted by molar-refractivity contribution is 5.64. The van der Waals surface area contributed by atoms with Crippen molar-refractivity contribution in [1.29, 1.82) is 0 Å². The van der Waals surface area contributed by atoms with E-state index >= 15 is 0 Å². The van der Waals surface area contributed by atoms with Gasteiger partial charge in [0, 0.05) is 11.1 Å². The van der Waals surface area contributed by atoms with Crippen LogP contribution in [-0.2, 0) is 6.61 Å². The third-order valence-electron chi connectivity index (χ3n) is 2.21. The molecule has 3 N–H and O–H groups in total. The number of hydrogen-bond donors (Lipinski definition) is 2. The van der Waals surface area contributed by atoms with Crippen LogP contribution in [0.4, 0.5) is 5.69 Å². The lowest BCUT2D eigenvalue weighted by molar-refractivity contribution is 0.282. The van der Waals surface area contributed by atoms with Crippen LogP contribution in [0.2, 0.25) is 0 Å². The van der Waals surface area contributed by atoms with Crippen LogP contribution < -0.4 is 5.73 Å². The number of nitrogen functional groups attached to an aromatic ring is 1. The van der Waals surface area contributed by atoms with Gasteiger partial charge >= 0.3 is 0 Å². The second-order valence-electron chi connectivity index (χ2n) is 3.30. The average Bonchev–Trinajstić information content (AvgIpc) is 2.30. The zero-order valence-electron chi connectivity index (χ0n) is 8.22. The van der Waals surface area contributed by atoms with E-state index in [0.29, 0.717) is 5.69 Å². The maximum Gasteiger partial charge on any atom is 0.0758 e. The highest BCUT2D eigenvalue weighted by Gasteiger charge is 2.05. The van der Waals surface area contributed by atoms with Gasteiger partial charge in [0.25, 0.3) is 0 Å². The Balaban J connectivity index is 2.53. The van der Waals surface area contributed by atoms with Crippen LogP contribution in [0.25, 0.3) is 11.3 Å². The number of aromatic nitrogens is 1. The Bertz CT molecular complexity index is 454. The predicted molar refractivity (Wildman–Crippen MR) is 60.0 cm³/mol. The molecule has 0 bridgehead atoms. The molecular weight excluding hydrogens is 188 g/mol. The first-order valence-electron chi connectivity index (χ1n) is 4.72. The molecule has 15 heavy (non-hydrogen) atoms. The molecule has 1 heterocycles. The van der Waals surface area contributed by atoms with Crippen molar-refractivity contribution in [1.82, 2.24) is 4.98 Å². The van der Waals surface area contributed by atoms with Crippen molar-refractivity contribution in [2.24, 2.45) is 0 Å². The molecule has 1 aromatic heterocycles. The summed E-state index contributed by atoms with van der Waals surface area (Å²) in [5, 5.41) is 9.21. The number of hydrogen-bond acceptors (Lipinski definition) is 3. The molecule has 2 aromatic rings. The van der Waals surface area contributed by atoms with Gasteiger partial charge in [-0.2, -0.15) is 0 Å². The maximum absolute atomic E-state index is 9.21. The second-order valence-corrected chi connectivity index (χ2v) is 3.30. The van der Waals surface area contributed by atoms with Crippen molar-refractivity contribution in [2.45, 2.75) is 6.61 Å². The van der Waals surface area contributed by atoms with Gasteiger partial charge in [-0.1, -0.05) is 30.3 Å². The summed E-state index contributed by atoms with van der Waals surface area (Å²) in [5.41, 5.74) is 8.70. The largest absolute Gasteiger partial charge is 0.397 e. The lowest BCUT2D eigenvalue weighted by Crippen LogP contribution is -1.96. The third-order valence-corrected chi connectivity index (χ3v) is 2.21.